The second-order valence-corrected chi connectivity index (χ2v) is 7.38. The van der Waals surface area contributed by atoms with Crippen LogP contribution in [-0.4, -0.2) is 13.4 Å². The van der Waals surface area contributed by atoms with Crippen molar-refractivity contribution in [2.45, 2.75) is 36.8 Å². The van der Waals surface area contributed by atoms with Gasteiger partial charge in [-0.25, -0.2) is 17.2 Å². The number of aromatic amines is 1. The molecule has 0 saturated carbocycles. The molecule has 2 N–H and O–H groups in total. The zero-order valence-electron chi connectivity index (χ0n) is 12.7. The number of nitrogens with one attached hydrogen (secondary N) is 2. The third kappa shape index (κ3) is 3.35. The van der Waals surface area contributed by atoms with Gasteiger partial charge >= 0.3 is 6.18 Å². The highest BCUT2D eigenvalue weighted by molar-refractivity contribution is 7.92. The van der Waals surface area contributed by atoms with Gasteiger partial charge in [-0.2, -0.15) is 13.2 Å². The van der Waals surface area contributed by atoms with Crippen LogP contribution in [0.25, 0.3) is 0 Å². The van der Waals surface area contributed by atoms with Gasteiger partial charge in [-0.1, -0.05) is 0 Å². The van der Waals surface area contributed by atoms with E-state index >= 15 is 0 Å². The van der Waals surface area contributed by atoms with Crippen LogP contribution in [0, 0.1) is 11.6 Å². The highest BCUT2D eigenvalue weighted by Gasteiger charge is 2.35. The maximum absolute atomic E-state index is 13.9. The van der Waals surface area contributed by atoms with Crippen LogP contribution in [0.1, 0.15) is 29.7 Å². The molecule has 10 heteroatoms. The van der Waals surface area contributed by atoms with Crippen molar-refractivity contribution in [2.24, 2.45) is 0 Å². The maximum atomic E-state index is 13.9. The molecule has 1 aliphatic carbocycles. The van der Waals surface area contributed by atoms with Gasteiger partial charge in [-0.05, 0) is 37.3 Å². The fraction of sp³-hybridized carbons (Fsp3) is 0.333. The number of anilines is 1. The van der Waals surface area contributed by atoms with Crippen LogP contribution in [0.3, 0.4) is 0 Å². The SMILES string of the molecule is O=S(=O)(Nc1cc(F)c(C(F)(F)F)cc1F)c1c[nH]c2c1CCCC2. The molecule has 0 bridgehead atoms. The van der Waals surface area contributed by atoms with Crippen LogP contribution < -0.4 is 4.72 Å². The molecule has 1 aliphatic rings. The number of halogens is 5. The first-order chi connectivity index (χ1) is 11.6. The molecule has 0 radical (unpaired) electrons. The van der Waals surface area contributed by atoms with Gasteiger partial charge in [-0.3, -0.25) is 4.72 Å². The first-order valence-corrected chi connectivity index (χ1v) is 8.86. The van der Waals surface area contributed by atoms with Crippen molar-refractivity contribution in [3.05, 3.63) is 46.8 Å². The number of rotatable bonds is 3. The minimum Gasteiger partial charge on any atom is -0.363 e. The van der Waals surface area contributed by atoms with Crippen molar-refractivity contribution < 1.29 is 30.4 Å². The highest BCUT2D eigenvalue weighted by Crippen LogP contribution is 2.35. The van der Waals surface area contributed by atoms with Gasteiger partial charge in [0.2, 0.25) is 0 Å². The van der Waals surface area contributed by atoms with E-state index in [-0.39, 0.29) is 17.0 Å². The van der Waals surface area contributed by atoms with E-state index in [4.69, 9.17) is 0 Å². The van der Waals surface area contributed by atoms with Crippen LogP contribution in [0.4, 0.5) is 27.6 Å². The highest BCUT2D eigenvalue weighted by atomic mass is 32.2. The quantitative estimate of drug-likeness (QED) is 0.791. The maximum Gasteiger partial charge on any atom is 0.419 e. The van der Waals surface area contributed by atoms with E-state index in [1.807, 2.05) is 4.72 Å². The number of fused-ring (bicyclic) bond motifs is 1. The lowest BCUT2D eigenvalue weighted by Crippen LogP contribution is -2.17. The lowest BCUT2D eigenvalue weighted by Gasteiger charge is -2.15. The third-order valence-corrected chi connectivity index (χ3v) is 5.47. The van der Waals surface area contributed by atoms with Crippen LogP contribution in [0.5, 0.6) is 0 Å². The first-order valence-electron chi connectivity index (χ1n) is 7.38. The standard InChI is InChI=1S/C15H13F5N2O2S/c16-10-6-13(11(17)5-9(10)15(18,19)20)22-25(23,24)14-7-21-12-4-2-1-3-8(12)14/h5-7,21-22H,1-4H2. The van der Waals surface area contributed by atoms with Crippen LogP contribution >= 0.6 is 0 Å². The van der Waals surface area contributed by atoms with Gasteiger partial charge in [0.25, 0.3) is 10.0 Å². The Morgan fingerprint density at radius 3 is 2.40 bits per heavy atom. The number of alkyl halides is 3. The molecule has 0 fully saturated rings. The molecule has 1 aromatic heterocycles. The number of hydrogen-bond donors (Lipinski definition) is 2. The molecule has 1 aromatic carbocycles. The second kappa shape index (κ2) is 6.01. The van der Waals surface area contributed by atoms with Crippen molar-refractivity contribution in [1.29, 1.82) is 0 Å². The lowest BCUT2D eigenvalue weighted by atomic mass is 9.98. The van der Waals surface area contributed by atoms with Gasteiger partial charge in [0.15, 0.2) is 0 Å². The van der Waals surface area contributed by atoms with Crippen molar-refractivity contribution in [3.8, 4) is 0 Å². The third-order valence-electron chi connectivity index (χ3n) is 4.04. The van der Waals surface area contributed by atoms with E-state index in [1.54, 1.807) is 0 Å². The molecular weight excluding hydrogens is 367 g/mol. The fourth-order valence-electron chi connectivity index (χ4n) is 2.86. The Hall–Kier alpha value is -2.10. The predicted molar refractivity (Wildman–Crippen MR) is 79.6 cm³/mol. The number of aromatic nitrogens is 1. The Balaban J connectivity index is 1.97. The minimum atomic E-state index is -5.08. The Morgan fingerprint density at radius 1 is 1.04 bits per heavy atom. The van der Waals surface area contributed by atoms with Crippen molar-refractivity contribution in [1.82, 2.24) is 4.98 Å². The topological polar surface area (TPSA) is 62.0 Å². The molecule has 0 amide bonds. The molecule has 0 saturated heterocycles. The van der Waals surface area contributed by atoms with E-state index in [1.165, 1.54) is 6.20 Å². The van der Waals surface area contributed by atoms with E-state index in [0.29, 0.717) is 18.4 Å². The Kier molecular flexibility index (Phi) is 4.26. The predicted octanol–water partition coefficient (Wildman–Crippen LogP) is 3.99. The van der Waals surface area contributed by atoms with Gasteiger partial charge in [0.1, 0.15) is 16.5 Å². The Labute approximate surface area is 140 Å². The van der Waals surface area contributed by atoms with Crippen LogP contribution in [-0.2, 0) is 29.0 Å². The van der Waals surface area contributed by atoms with Gasteiger partial charge in [-0.15, -0.1) is 0 Å². The normalized spacial score (nSPS) is 15.1. The smallest absolute Gasteiger partial charge is 0.363 e. The number of sulfonamides is 1. The lowest BCUT2D eigenvalue weighted by molar-refractivity contribution is -0.140. The summed E-state index contributed by atoms with van der Waals surface area (Å²) in [6.07, 6.45) is -0.957. The van der Waals surface area contributed by atoms with Crippen molar-refractivity contribution in [3.63, 3.8) is 0 Å². The summed E-state index contributed by atoms with van der Waals surface area (Å²) in [4.78, 5) is 2.73. The summed E-state index contributed by atoms with van der Waals surface area (Å²) in [6, 6.07) is 0.120. The van der Waals surface area contributed by atoms with E-state index in [0.717, 1.165) is 18.5 Å². The van der Waals surface area contributed by atoms with Crippen molar-refractivity contribution in [2.75, 3.05) is 4.72 Å². The summed E-state index contributed by atoms with van der Waals surface area (Å²) >= 11 is 0. The largest absolute Gasteiger partial charge is 0.419 e. The molecule has 0 atom stereocenters. The molecule has 0 aliphatic heterocycles. The molecule has 0 unspecified atom stereocenters. The number of hydrogen-bond acceptors (Lipinski definition) is 2. The Bertz CT molecular complexity index is 919. The van der Waals surface area contributed by atoms with Gasteiger partial charge in [0, 0.05) is 18.0 Å². The minimum absolute atomic E-state index is 0.0697. The molecule has 0 spiro atoms. The molecule has 136 valence electrons. The average molecular weight is 380 g/mol. The second-order valence-electron chi connectivity index (χ2n) is 5.73. The van der Waals surface area contributed by atoms with Gasteiger partial charge in [0.05, 0.1) is 11.3 Å². The van der Waals surface area contributed by atoms with Gasteiger partial charge < -0.3 is 4.98 Å². The summed E-state index contributed by atoms with van der Waals surface area (Å²) in [5.74, 6) is -3.27. The zero-order valence-corrected chi connectivity index (χ0v) is 13.5. The molecule has 1 heterocycles. The number of H-pyrrole nitrogens is 1. The number of aryl methyl sites for hydroxylation is 1. The molecule has 25 heavy (non-hydrogen) atoms. The summed E-state index contributed by atoms with van der Waals surface area (Å²) in [5, 5.41) is 0. The molecule has 3 rings (SSSR count). The summed E-state index contributed by atoms with van der Waals surface area (Å²) < 4.78 is 91.8. The van der Waals surface area contributed by atoms with E-state index < -0.39 is 39.1 Å². The zero-order chi connectivity index (χ0) is 18.4. The Morgan fingerprint density at radius 2 is 1.72 bits per heavy atom. The van der Waals surface area contributed by atoms with E-state index in [9.17, 15) is 30.4 Å². The summed E-state index contributed by atoms with van der Waals surface area (Å²) in [5.41, 5.74) is -1.36. The molecule has 4 nitrogen and oxygen atoms in total. The summed E-state index contributed by atoms with van der Waals surface area (Å²) in [6.45, 7) is 0. The molecular formula is C15H13F5N2O2S. The van der Waals surface area contributed by atoms with E-state index in [2.05, 4.69) is 4.98 Å². The van der Waals surface area contributed by atoms with Crippen LogP contribution in [0.2, 0.25) is 0 Å². The molecule has 2 aromatic rings. The first kappa shape index (κ1) is 17.7. The number of benzene rings is 1. The summed E-state index contributed by atoms with van der Waals surface area (Å²) in [7, 11) is -4.27. The fourth-order valence-corrected chi connectivity index (χ4v) is 4.18. The van der Waals surface area contributed by atoms with Crippen molar-refractivity contribution >= 4 is 15.7 Å². The monoisotopic (exact) mass is 380 g/mol. The van der Waals surface area contributed by atoms with Crippen LogP contribution in [0.15, 0.2) is 23.2 Å². The average Bonchev–Trinajstić information content (AvgIpc) is 2.94.